The lowest BCUT2D eigenvalue weighted by atomic mass is 10.1. The van der Waals surface area contributed by atoms with E-state index in [0.717, 1.165) is 16.4 Å². The molecule has 72 valence electrons. The molecule has 1 aromatic heterocycles. The Hall–Kier alpha value is -1.39. The third kappa shape index (κ3) is 1.20. The molecule has 0 atom stereocenters. The van der Waals surface area contributed by atoms with Crippen molar-refractivity contribution < 1.29 is 9.90 Å². The van der Waals surface area contributed by atoms with Gasteiger partial charge in [0.1, 0.15) is 0 Å². The Morgan fingerprint density at radius 1 is 1.50 bits per heavy atom. The molecule has 0 aliphatic carbocycles. The monoisotopic (exact) mass is 207 g/mol. The summed E-state index contributed by atoms with van der Waals surface area (Å²) >= 11 is 1.32. The van der Waals surface area contributed by atoms with Gasteiger partial charge in [-0.15, -0.1) is 11.3 Å². The number of aliphatic hydroxyl groups excluding tert-OH is 1. The molecule has 2 aromatic rings. The largest absolute Gasteiger partial charge is 0.398 e. The summed E-state index contributed by atoms with van der Waals surface area (Å²) in [5.41, 5.74) is 7.08. The van der Waals surface area contributed by atoms with Gasteiger partial charge in [0.25, 0.3) is 0 Å². The number of hydrogen-bond donors (Lipinski definition) is 2. The number of nitrogens with two attached hydrogens (primary N) is 1. The van der Waals surface area contributed by atoms with Crippen molar-refractivity contribution in [3.8, 4) is 0 Å². The van der Waals surface area contributed by atoms with Crippen molar-refractivity contribution in [2.24, 2.45) is 0 Å². The highest BCUT2D eigenvalue weighted by Gasteiger charge is 2.11. The first-order chi connectivity index (χ1) is 6.77. The summed E-state index contributed by atoms with van der Waals surface area (Å²) in [4.78, 5) is 11.3. The first kappa shape index (κ1) is 9.18. The van der Waals surface area contributed by atoms with Crippen LogP contribution in [0.5, 0.6) is 0 Å². The Kier molecular flexibility index (Phi) is 2.23. The Morgan fingerprint density at radius 2 is 2.29 bits per heavy atom. The zero-order valence-electron chi connectivity index (χ0n) is 7.36. The van der Waals surface area contributed by atoms with Gasteiger partial charge in [0.05, 0.1) is 16.2 Å². The second-order valence-electron chi connectivity index (χ2n) is 2.94. The predicted octanol–water partition coefficient (Wildman–Crippen LogP) is 1.79. The number of aldehydes is 1. The van der Waals surface area contributed by atoms with Crippen molar-refractivity contribution in [2.75, 3.05) is 5.73 Å². The lowest BCUT2D eigenvalue weighted by molar-refractivity contribution is 0.112. The molecule has 2 rings (SSSR count). The van der Waals surface area contributed by atoms with Gasteiger partial charge in [0.2, 0.25) is 0 Å². The van der Waals surface area contributed by atoms with Crippen molar-refractivity contribution >= 4 is 33.4 Å². The lowest BCUT2D eigenvalue weighted by Gasteiger charge is -1.96. The standard InChI is InChI=1S/C10H9NO2S/c11-8-3-1-2-6-7(4-12)9(5-13)14-10(6)8/h1-3,5,12H,4,11H2. The first-order valence-electron chi connectivity index (χ1n) is 4.14. The van der Waals surface area contributed by atoms with Gasteiger partial charge in [-0.25, -0.2) is 0 Å². The van der Waals surface area contributed by atoms with Crippen molar-refractivity contribution in [3.05, 3.63) is 28.6 Å². The highest BCUT2D eigenvalue weighted by atomic mass is 32.1. The average Bonchev–Trinajstić information content (AvgIpc) is 2.57. The van der Waals surface area contributed by atoms with Gasteiger partial charge in [-0.05, 0) is 6.07 Å². The number of rotatable bonds is 2. The van der Waals surface area contributed by atoms with E-state index in [0.29, 0.717) is 16.1 Å². The summed E-state index contributed by atoms with van der Waals surface area (Å²) in [5.74, 6) is 0. The van der Waals surface area contributed by atoms with E-state index in [1.54, 1.807) is 6.07 Å². The number of anilines is 1. The van der Waals surface area contributed by atoms with E-state index in [9.17, 15) is 4.79 Å². The fourth-order valence-corrected chi connectivity index (χ4v) is 2.52. The quantitative estimate of drug-likeness (QED) is 0.583. The average molecular weight is 207 g/mol. The second-order valence-corrected chi connectivity index (χ2v) is 4.00. The fraction of sp³-hybridized carbons (Fsp3) is 0.100. The highest BCUT2D eigenvalue weighted by molar-refractivity contribution is 7.21. The summed E-state index contributed by atoms with van der Waals surface area (Å²) in [5, 5.41) is 10.0. The number of fused-ring (bicyclic) bond motifs is 1. The zero-order chi connectivity index (χ0) is 10.1. The van der Waals surface area contributed by atoms with E-state index in [2.05, 4.69) is 0 Å². The maximum absolute atomic E-state index is 10.7. The molecule has 0 spiro atoms. The predicted molar refractivity (Wildman–Crippen MR) is 57.5 cm³/mol. The Bertz CT molecular complexity index is 490. The fourth-order valence-electron chi connectivity index (χ4n) is 1.47. The van der Waals surface area contributed by atoms with Crippen LogP contribution in [0.25, 0.3) is 10.1 Å². The molecule has 0 aliphatic rings. The minimum absolute atomic E-state index is 0.127. The summed E-state index contributed by atoms with van der Waals surface area (Å²) in [7, 11) is 0. The number of thiophene rings is 1. The van der Waals surface area contributed by atoms with Crippen LogP contribution in [-0.4, -0.2) is 11.4 Å². The van der Waals surface area contributed by atoms with E-state index in [4.69, 9.17) is 10.8 Å². The molecule has 0 radical (unpaired) electrons. The van der Waals surface area contributed by atoms with Crippen LogP contribution in [0.2, 0.25) is 0 Å². The SMILES string of the molecule is Nc1cccc2c(CO)c(C=O)sc12. The Morgan fingerprint density at radius 3 is 2.93 bits per heavy atom. The van der Waals surface area contributed by atoms with E-state index in [1.165, 1.54) is 11.3 Å². The second kappa shape index (κ2) is 3.40. The van der Waals surface area contributed by atoms with Gasteiger partial charge in [0.15, 0.2) is 6.29 Å². The summed E-state index contributed by atoms with van der Waals surface area (Å²) < 4.78 is 0.874. The number of benzene rings is 1. The third-order valence-electron chi connectivity index (χ3n) is 2.15. The minimum Gasteiger partial charge on any atom is -0.398 e. The number of carbonyl (C=O) groups is 1. The maximum Gasteiger partial charge on any atom is 0.160 e. The number of carbonyl (C=O) groups excluding carboxylic acids is 1. The van der Waals surface area contributed by atoms with Gasteiger partial charge >= 0.3 is 0 Å². The summed E-state index contributed by atoms with van der Waals surface area (Å²) in [6.07, 6.45) is 0.760. The molecule has 3 nitrogen and oxygen atoms in total. The minimum atomic E-state index is -0.127. The smallest absolute Gasteiger partial charge is 0.160 e. The number of aliphatic hydroxyl groups is 1. The molecule has 0 fully saturated rings. The maximum atomic E-state index is 10.7. The van der Waals surface area contributed by atoms with Gasteiger partial charge in [0, 0.05) is 16.6 Å². The van der Waals surface area contributed by atoms with Crippen LogP contribution in [0.1, 0.15) is 15.2 Å². The van der Waals surface area contributed by atoms with Crippen molar-refractivity contribution in [3.63, 3.8) is 0 Å². The van der Waals surface area contributed by atoms with E-state index in [1.807, 2.05) is 12.1 Å². The van der Waals surface area contributed by atoms with Crippen LogP contribution >= 0.6 is 11.3 Å². The van der Waals surface area contributed by atoms with Crippen LogP contribution in [0, 0.1) is 0 Å². The normalized spacial score (nSPS) is 10.6. The van der Waals surface area contributed by atoms with Gasteiger partial charge < -0.3 is 10.8 Å². The van der Waals surface area contributed by atoms with Gasteiger partial charge in [-0.2, -0.15) is 0 Å². The molecule has 3 N–H and O–H groups in total. The molecule has 0 saturated carbocycles. The number of hydrogen-bond acceptors (Lipinski definition) is 4. The molecular formula is C10H9NO2S. The van der Waals surface area contributed by atoms with E-state index in [-0.39, 0.29) is 6.61 Å². The molecule has 0 saturated heterocycles. The molecule has 14 heavy (non-hydrogen) atoms. The number of nitrogen functional groups attached to an aromatic ring is 1. The lowest BCUT2D eigenvalue weighted by Crippen LogP contribution is -1.86. The molecule has 0 amide bonds. The van der Waals surface area contributed by atoms with Crippen molar-refractivity contribution in [1.29, 1.82) is 0 Å². The molecule has 1 aromatic carbocycles. The highest BCUT2D eigenvalue weighted by Crippen LogP contribution is 2.33. The zero-order valence-corrected chi connectivity index (χ0v) is 8.17. The van der Waals surface area contributed by atoms with Gasteiger partial charge in [-0.1, -0.05) is 12.1 Å². The third-order valence-corrected chi connectivity index (χ3v) is 3.37. The van der Waals surface area contributed by atoms with E-state index < -0.39 is 0 Å². The van der Waals surface area contributed by atoms with Crippen LogP contribution in [-0.2, 0) is 6.61 Å². The molecular weight excluding hydrogens is 198 g/mol. The van der Waals surface area contributed by atoms with Gasteiger partial charge in [-0.3, -0.25) is 4.79 Å². The van der Waals surface area contributed by atoms with E-state index >= 15 is 0 Å². The summed E-state index contributed by atoms with van der Waals surface area (Å²) in [6.45, 7) is -0.127. The molecule has 4 heteroatoms. The van der Waals surface area contributed by atoms with Crippen molar-refractivity contribution in [1.82, 2.24) is 0 Å². The van der Waals surface area contributed by atoms with Crippen molar-refractivity contribution in [2.45, 2.75) is 6.61 Å². The Balaban J connectivity index is 2.86. The van der Waals surface area contributed by atoms with Crippen LogP contribution in [0.15, 0.2) is 18.2 Å². The molecule has 0 aliphatic heterocycles. The first-order valence-corrected chi connectivity index (χ1v) is 4.95. The van der Waals surface area contributed by atoms with Crippen LogP contribution in [0.4, 0.5) is 5.69 Å². The Labute approximate surface area is 84.8 Å². The molecule has 0 unspecified atom stereocenters. The van der Waals surface area contributed by atoms with Crippen LogP contribution < -0.4 is 5.73 Å². The summed E-state index contributed by atoms with van der Waals surface area (Å²) in [6, 6.07) is 5.47. The molecule has 0 bridgehead atoms. The van der Waals surface area contributed by atoms with Crippen LogP contribution in [0.3, 0.4) is 0 Å². The topological polar surface area (TPSA) is 63.3 Å². The molecule has 1 heterocycles.